The molecule has 0 saturated carbocycles. The normalized spacial score (nSPS) is 10.4. The molecule has 0 aliphatic heterocycles. The number of aromatic carboxylic acids is 1. The predicted molar refractivity (Wildman–Crippen MR) is 73.8 cm³/mol. The summed E-state index contributed by atoms with van der Waals surface area (Å²) in [4.78, 5) is 23.7. The van der Waals surface area contributed by atoms with Crippen LogP contribution in [0, 0.1) is 6.92 Å². The molecule has 0 aliphatic carbocycles. The van der Waals surface area contributed by atoms with Crippen molar-refractivity contribution < 1.29 is 23.8 Å². The Morgan fingerprint density at radius 2 is 2.24 bits per heavy atom. The third-order valence-corrected chi connectivity index (χ3v) is 3.67. The Morgan fingerprint density at radius 3 is 2.81 bits per heavy atom. The lowest BCUT2D eigenvalue weighted by atomic mass is 10.3. The lowest BCUT2D eigenvalue weighted by Crippen LogP contribution is -2.20. The first kappa shape index (κ1) is 15.0. The Kier molecular flexibility index (Phi) is 4.53. The van der Waals surface area contributed by atoms with Crippen LogP contribution in [0.2, 0.25) is 0 Å². The van der Waals surface area contributed by atoms with E-state index in [0.717, 1.165) is 16.2 Å². The SMILES string of the molecule is CCc1cc(OCC(=O)Nc2nnc(C)o2)c(C(=O)O)s1. The van der Waals surface area contributed by atoms with Crippen LogP contribution in [0.1, 0.15) is 27.4 Å². The number of carboxylic acid groups (broad SMARTS) is 1. The van der Waals surface area contributed by atoms with Crippen LogP contribution in [0.4, 0.5) is 6.01 Å². The fourth-order valence-electron chi connectivity index (χ4n) is 1.50. The van der Waals surface area contributed by atoms with Gasteiger partial charge in [-0.3, -0.25) is 10.1 Å². The molecule has 2 heterocycles. The van der Waals surface area contributed by atoms with Crippen molar-refractivity contribution in [1.29, 1.82) is 0 Å². The summed E-state index contributed by atoms with van der Waals surface area (Å²) in [5, 5.41) is 18.6. The summed E-state index contributed by atoms with van der Waals surface area (Å²) in [6.07, 6.45) is 0.696. The quantitative estimate of drug-likeness (QED) is 0.834. The zero-order valence-electron chi connectivity index (χ0n) is 11.4. The van der Waals surface area contributed by atoms with Crippen molar-refractivity contribution in [3.8, 4) is 5.75 Å². The molecular formula is C12H13N3O5S. The number of hydrogen-bond acceptors (Lipinski definition) is 7. The molecule has 2 aromatic rings. The van der Waals surface area contributed by atoms with E-state index in [2.05, 4.69) is 15.5 Å². The van der Waals surface area contributed by atoms with Gasteiger partial charge in [-0.25, -0.2) is 4.79 Å². The molecular weight excluding hydrogens is 298 g/mol. The number of thiophene rings is 1. The number of ether oxygens (including phenoxy) is 1. The Labute approximate surface area is 123 Å². The van der Waals surface area contributed by atoms with Crippen molar-refractivity contribution in [3.63, 3.8) is 0 Å². The van der Waals surface area contributed by atoms with Gasteiger partial charge in [-0.2, -0.15) is 0 Å². The van der Waals surface area contributed by atoms with Gasteiger partial charge in [0.1, 0.15) is 5.75 Å². The first-order valence-corrected chi connectivity index (χ1v) is 6.90. The van der Waals surface area contributed by atoms with Gasteiger partial charge in [0.2, 0.25) is 5.89 Å². The van der Waals surface area contributed by atoms with Crippen LogP contribution in [0.5, 0.6) is 5.75 Å². The molecule has 0 bridgehead atoms. The van der Waals surface area contributed by atoms with E-state index in [1.165, 1.54) is 0 Å². The molecule has 9 heteroatoms. The maximum absolute atomic E-state index is 11.6. The standard InChI is InChI=1S/C12H13N3O5S/c1-3-7-4-8(10(21-7)11(17)18)19-5-9(16)13-12-15-14-6(2)20-12/h4H,3,5H2,1-2H3,(H,17,18)(H,13,15,16). The highest BCUT2D eigenvalue weighted by Crippen LogP contribution is 2.29. The molecule has 8 nitrogen and oxygen atoms in total. The van der Waals surface area contributed by atoms with Gasteiger partial charge in [-0.15, -0.1) is 16.4 Å². The van der Waals surface area contributed by atoms with Gasteiger partial charge < -0.3 is 14.3 Å². The fourth-order valence-corrected chi connectivity index (χ4v) is 2.38. The molecule has 21 heavy (non-hydrogen) atoms. The second-order valence-corrected chi connectivity index (χ2v) is 5.16. The molecule has 0 unspecified atom stereocenters. The number of aryl methyl sites for hydroxylation is 2. The van der Waals surface area contributed by atoms with Crippen LogP contribution in [-0.4, -0.2) is 33.8 Å². The van der Waals surface area contributed by atoms with E-state index in [1.807, 2.05) is 6.92 Å². The molecule has 0 aromatic carbocycles. The number of nitrogens with one attached hydrogen (secondary N) is 1. The van der Waals surface area contributed by atoms with Gasteiger partial charge >= 0.3 is 12.0 Å². The van der Waals surface area contributed by atoms with Crippen LogP contribution < -0.4 is 10.1 Å². The highest BCUT2D eigenvalue weighted by molar-refractivity contribution is 7.14. The zero-order chi connectivity index (χ0) is 15.4. The van der Waals surface area contributed by atoms with Crippen molar-refractivity contribution in [2.24, 2.45) is 0 Å². The Morgan fingerprint density at radius 1 is 1.48 bits per heavy atom. The first-order chi connectivity index (χ1) is 9.99. The minimum atomic E-state index is -1.08. The van der Waals surface area contributed by atoms with E-state index in [-0.39, 0.29) is 23.2 Å². The second kappa shape index (κ2) is 6.35. The molecule has 2 aromatic heterocycles. The molecule has 0 aliphatic rings. The first-order valence-electron chi connectivity index (χ1n) is 6.08. The van der Waals surface area contributed by atoms with Crippen LogP contribution in [-0.2, 0) is 11.2 Å². The molecule has 112 valence electrons. The van der Waals surface area contributed by atoms with E-state index in [9.17, 15) is 9.59 Å². The smallest absolute Gasteiger partial charge is 0.349 e. The van der Waals surface area contributed by atoms with Crippen molar-refractivity contribution in [2.75, 3.05) is 11.9 Å². The zero-order valence-corrected chi connectivity index (χ0v) is 12.2. The predicted octanol–water partition coefficient (Wildman–Crippen LogP) is 1.72. The number of rotatable bonds is 6. The van der Waals surface area contributed by atoms with Gasteiger partial charge in [0.25, 0.3) is 5.91 Å². The van der Waals surface area contributed by atoms with Crippen molar-refractivity contribution in [1.82, 2.24) is 10.2 Å². The topological polar surface area (TPSA) is 115 Å². The summed E-state index contributed by atoms with van der Waals surface area (Å²) in [5.74, 6) is -1.09. The number of nitrogens with zero attached hydrogens (tertiary/aromatic N) is 2. The minimum Gasteiger partial charge on any atom is -0.482 e. The third-order valence-electron chi connectivity index (χ3n) is 2.42. The highest BCUT2D eigenvalue weighted by atomic mass is 32.1. The number of hydrogen-bond donors (Lipinski definition) is 2. The lowest BCUT2D eigenvalue weighted by molar-refractivity contribution is -0.118. The molecule has 0 spiro atoms. The van der Waals surface area contributed by atoms with Crippen LogP contribution in [0.3, 0.4) is 0 Å². The lowest BCUT2D eigenvalue weighted by Gasteiger charge is -2.04. The molecule has 2 N–H and O–H groups in total. The summed E-state index contributed by atoms with van der Waals surface area (Å²) < 4.78 is 10.2. The van der Waals surface area contributed by atoms with Crippen molar-refractivity contribution in [3.05, 3.63) is 21.7 Å². The molecule has 0 fully saturated rings. The number of carboxylic acids is 1. The summed E-state index contributed by atoms with van der Waals surface area (Å²) in [6.45, 7) is 3.16. The Bertz CT molecular complexity index is 664. The van der Waals surface area contributed by atoms with E-state index in [4.69, 9.17) is 14.3 Å². The number of carbonyl (C=O) groups is 2. The molecule has 0 saturated heterocycles. The number of anilines is 1. The number of carbonyl (C=O) groups excluding carboxylic acids is 1. The summed E-state index contributed by atoms with van der Waals surface area (Å²) in [6, 6.07) is 1.59. The largest absolute Gasteiger partial charge is 0.482 e. The van der Waals surface area contributed by atoms with E-state index < -0.39 is 11.9 Å². The molecule has 0 atom stereocenters. The second-order valence-electron chi connectivity index (χ2n) is 4.03. The fraction of sp³-hybridized carbons (Fsp3) is 0.333. The number of aromatic nitrogens is 2. The Balaban J connectivity index is 1.97. The average molecular weight is 311 g/mol. The van der Waals surface area contributed by atoms with Gasteiger partial charge in [-0.05, 0) is 12.5 Å². The third kappa shape index (κ3) is 3.78. The monoisotopic (exact) mass is 311 g/mol. The van der Waals surface area contributed by atoms with Gasteiger partial charge in [0.15, 0.2) is 11.5 Å². The van der Waals surface area contributed by atoms with Gasteiger partial charge in [0.05, 0.1) is 0 Å². The van der Waals surface area contributed by atoms with Crippen molar-refractivity contribution >= 4 is 29.2 Å². The molecule has 1 amide bonds. The maximum Gasteiger partial charge on any atom is 0.349 e. The Hall–Kier alpha value is -2.42. The van der Waals surface area contributed by atoms with Crippen LogP contribution in [0.25, 0.3) is 0 Å². The van der Waals surface area contributed by atoms with Gasteiger partial charge in [-0.1, -0.05) is 12.0 Å². The molecule has 0 radical (unpaired) electrons. The van der Waals surface area contributed by atoms with E-state index >= 15 is 0 Å². The molecule has 2 rings (SSSR count). The van der Waals surface area contributed by atoms with Crippen LogP contribution >= 0.6 is 11.3 Å². The summed E-state index contributed by atoms with van der Waals surface area (Å²) in [7, 11) is 0. The maximum atomic E-state index is 11.6. The summed E-state index contributed by atoms with van der Waals surface area (Å²) in [5.41, 5.74) is 0. The van der Waals surface area contributed by atoms with E-state index in [0.29, 0.717) is 12.3 Å². The summed E-state index contributed by atoms with van der Waals surface area (Å²) >= 11 is 1.13. The average Bonchev–Trinajstić information content (AvgIpc) is 3.02. The van der Waals surface area contributed by atoms with Crippen LogP contribution in [0.15, 0.2) is 10.5 Å². The van der Waals surface area contributed by atoms with Crippen molar-refractivity contribution in [2.45, 2.75) is 20.3 Å². The number of amides is 1. The highest BCUT2D eigenvalue weighted by Gasteiger charge is 2.17. The minimum absolute atomic E-state index is 0.0286. The van der Waals surface area contributed by atoms with E-state index in [1.54, 1.807) is 13.0 Å². The van der Waals surface area contributed by atoms with Gasteiger partial charge in [0, 0.05) is 11.8 Å².